The Morgan fingerprint density at radius 3 is 1.51 bits per heavy atom. The van der Waals surface area contributed by atoms with Crippen molar-refractivity contribution in [1.29, 1.82) is 0 Å². The van der Waals surface area contributed by atoms with Gasteiger partial charge in [0.25, 0.3) is 0 Å². The predicted molar refractivity (Wildman–Crippen MR) is 262 cm³/mol. The number of nitrogens with one attached hydrogen (secondary N) is 1. The lowest BCUT2D eigenvalue weighted by molar-refractivity contribution is -0.870. The lowest BCUT2D eigenvalue weighted by Crippen LogP contribution is -2.45. The third-order valence-electron chi connectivity index (χ3n) is 9.73. The van der Waals surface area contributed by atoms with Crippen molar-refractivity contribution in [3.05, 3.63) is 109 Å². The van der Waals surface area contributed by atoms with Gasteiger partial charge in [0.05, 0.1) is 39.9 Å². The smallest absolute Gasteiger partial charge is 0.387 e. The van der Waals surface area contributed by atoms with Gasteiger partial charge < -0.3 is 19.8 Å². The molecule has 0 aromatic rings. The summed E-state index contributed by atoms with van der Waals surface area (Å²) in [5.41, 5.74) is 0. The zero-order valence-electron chi connectivity index (χ0n) is 39.4. The number of hydrogen-bond acceptors (Lipinski definition) is 5. The molecule has 0 fully saturated rings. The van der Waals surface area contributed by atoms with E-state index in [-0.39, 0.29) is 19.1 Å². The van der Waals surface area contributed by atoms with Gasteiger partial charge in [-0.25, -0.2) is 4.57 Å². The molecule has 0 heterocycles. The van der Waals surface area contributed by atoms with E-state index >= 15 is 0 Å². The average molecular weight is 870 g/mol. The zero-order chi connectivity index (χ0) is 45.0. The topological polar surface area (TPSA) is 105 Å². The molecule has 0 aliphatic carbocycles. The number of likely N-dealkylation sites (N-methyl/N-ethyl adjacent to an activating group) is 1. The summed E-state index contributed by atoms with van der Waals surface area (Å²) in [6, 6.07) is -0.888. The van der Waals surface area contributed by atoms with Crippen LogP contribution in [0.25, 0.3) is 0 Å². The van der Waals surface area contributed by atoms with E-state index < -0.39 is 20.0 Å². The quantitative estimate of drug-likeness (QED) is 0.0245. The Hall–Kier alpha value is -2.84. The number of aliphatic hydroxyl groups is 1. The SMILES string of the molecule is CC/C=C\C/C=C\C/C=C\C/C=C\C/C=C\C/C=C\C/C=C\CCCCCC(=O)NC(COP(=O)(O)OCC[N+](C)(C)C)C(O)/C=C/CC/C=C/CCCCCCCCCC. The maximum atomic E-state index is 12.9. The van der Waals surface area contributed by atoms with Crippen LogP contribution in [-0.4, -0.2) is 73.4 Å². The molecule has 3 N–H and O–H groups in total. The minimum absolute atomic E-state index is 0.0427. The van der Waals surface area contributed by atoms with Crippen LogP contribution in [0.2, 0.25) is 0 Å². The van der Waals surface area contributed by atoms with Crippen LogP contribution in [0.5, 0.6) is 0 Å². The summed E-state index contributed by atoms with van der Waals surface area (Å²) in [6.45, 7) is 4.61. The molecule has 61 heavy (non-hydrogen) atoms. The average Bonchev–Trinajstić information content (AvgIpc) is 3.21. The summed E-state index contributed by atoms with van der Waals surface area (Å²) in [5, 5.41) is 13.8. The first kappa shape index (κ1) is 58.2. The summed E-state index contributed by atoms with van der Waals surface area (Å²) in [6.07, 6.45) is 61.7. The van der Waals surface area contributed by atoms with E-state index in [1.807, 2.05) is 27.2 Å². The summed E-state index contributed by atoms with van der Waals surface area (Å²) in [4.78, 5) is 23.1. The highest BCUT2D eigenvalue weighted by Gasteiger charge is 2.27. The van der Waals surface area contributed by atoms with Crippen LogP contribution in [0.15, 0.2) is 109 Å². The third kappa shape index (κ3) is 45.0. The zero-order valence-corrected chi connectivity index (χ0v) is 40.2. The van der Waals surface area contributed by atoms with Crippen LogP contribution in [0.4, 0.5) is 0 Å². The van der Waals surface area contributed by atoms with E-state index in [0.717, 1.165) is 83.5 Å². The summed E-state index contributed by atoms with van der Waals surface area (Å²) < 4.78 is 23.5. The first-order valence-electron chi connectivity index (χ1n) is 23.8. The Balaban J connectivity index is 4.48. The molecule has 0 spiro atoms. The molecule has 0 aromatic carbocycles. The highest BCUT2D eigenvalue weighted by molar-refractivity contribution is 7.47. The normalized spacial score (nSPS) is 15.2. The van der Waals surface area contributed by atoms with E-state index in [2.05, 4.69) is 116 Å². The van der Waals surface area contributed by atoms with E-state index in [1.54, 1.807) is 6.08 Å². The Morgan fingerprint density at radius 1 is 0.574 bits per heavy atom. The fraction of sp³-hybridized carbons (Fsp3) is 0.635. The Labute approximate surface area is 374 Å². The molecule has 1 amide bonds. The molecule has 8 nitrogen and oxygen atoms in total. The monoisotopic (exact) mass is 870 g/mol. The molecule has 0 aromatic heterocycles. The number of carbonyl (C=O) groups excluding carboxylic acids is 1. The molecule has 3 unspecified atom stereocenters. The van der Waals surface area contributed by atoms with Crippen LogP contribution in [0.3, 0.4) is 0 Å². The minimum atomic E-state index is -4.36. The van der Waals surface area contributed by atoms with E-state index in [4.69, 9.17) is 9.05 Å². The van der Waals surface area contributed by atoms with Crippen molar-refractivity contribution in [2.24, 2.45) is 0 Å². The fourth-order valence-electron chi connectivity index (χ4n) is 5.98. The maximum absolute atomic E-state index is 12.9. The van der Waals surface area contributed by atoms with Crippen LogP contribution in [-0.2, 0) is 18.4 Å². The second-order valence-corrected chi connectivity index (χ2v) is 18.2. The van der Waals surface area contributed by atoms with Crippen molar-refractivity contribution in [3.63, 3.8) is 0 Å². The molecule has 3 atom stereocenters. The second-order valence-electron chi connectivity index (χ2n) is 16.7. The van der Waals surface area contributed by atoms with E-state index in [1.165, 1.54) is 51.4 Å². The molecule has 0 saturated heterocycles. The standard InChI is InChI=1S/C52H89N2O6P/c1-6-8-10-12-14-16-18-20-22-23-24-25-26-27-28-29-30-31-32-34-36-38-40-42-44-46-52(56)53-50(49-60-61(57,58)59-48-47-54(3,4)5)51(55)45-43-41-39-37-35-33-21-19-17-15-13-11-9-7-2/h8,10,14,16,20,22,24-25,27-28,30-31,34-37,43,45,50-51,55H,6-7,9,11-13,15,17-19,21,23,26,29,32-33,38-42,44,46-49H2,1-5H3,(H-,53,56,57,58)/p+1/b10-8-,16-14-,22-20-,25-24-,28-27-,31-30-,36-34-,37-35+,45-43+. The maximum Gasteiger partial charge on any atom is 0.472 e. The Morgan fingerprint density at radius 2 is 1.00 bits per heavy atom. The van der Waals surface area contributed by atoms with Crippen molar-refractivity contribution in [1.82, 2.24) is 5.32 Å². The lowest BCUT2D eigenvalue weighted by atomic mass is 10.1. The summed E-state index contributed by atoms with van der Waals surface area (Å²) >= 11 is 0. The number of allylic oxidation sites excluding steroid dienone is 17. The molecular formula is C52H90N2O6P+. The number of rotatable bonds is 41. The van der Waals surface area contributed by atoms with Gasteiger partial charge in [-0.2, -0.15) is 0 Å². The number of amides is 1. The van der Waals surface area contributed by atoms with Crippen molar-refractivity contribution in [2.45, 2.75) is 174 Å². The Bertz CT molecular complexity index is 1350. The number of quaternary nitrogens is 1. The van der Waals surface area contributed by atoms with E-state index in [9.17, 15) is 19.4 Å². The second kappa shape index (κ2) is 42.5. The molecule has 348 valence electrons. The molecular weight excluding hydrogens is 780 g/mol. The molecule has 0 rings (SSSR count). The summed E-state index contributed by atoms with van der Waals surface area (Å²) in [7, 11) is 1.51. The minimum Gasteiger partial charge on any atom is -0.387 e. The molecule has 0 saturated carbocycles. The van der Waals surface area contributed by atoms with Gasteiger partial charge in [-0.1, -0.05) is 175 Å². The number of phosphoric ester groups is 1. The van der Waals surface area contributed by atoms with Crippen molar-refractivity contribution >= 4 is 13.7 Å². The first-order chi connectivity index (χ1) is 29.5. The number of nitrogens with zero attached hydrogens (tertiary/aromatic N) is 1. The number of carbonyl (C=O) groups is 1. The van der Waals surface area contributed by atoms with Gasteiger partial charge in [-0.15, -0.1) is 0 Å². The van der Waals surface area contributed by atoms with Crippen LogP contribution >= 0.6 is 7.82 Å². The number of hydrogen-bond donors (Lipinski definition) is 3. The molecule has 0 aliphatic heterocycles. The lowest BCUT2D eigenvalue weighted by Gasteiger charge is -2.25. The van der Waals surface area contributed by atoms with Gasteiger partial charge in [-0.3, -0.25) is 13.8 Å². The highest BCUT2D eigenvalue weighted by atomic mass is 31.2. The summed E-state index contributed by atoms with van der Waals surface area (Å²) in [5.74, 6) is -0.225. The van der Waals surface area contributed by atoms with Gasteiger partial charge in [0.1, 0.15) is 13.2 Å². The largest absolute Gasteiger partial charge is 0.472 e. The van der Waals surface area contributed by atoms with Crippen molar-refractivity contribution < 1.29 is 32.9 Å². The van der Waals surface area contributed by atoms with Gasteiger partial charge in [0.15, 0.2) is 0 Å². The molecule has 0 bridgehead atoms. The molecule has 0 aliphatic rings. The highest BCUT2D eigenvalue weighted by Crippen LogP contribution is 2.43. The van der Waals surface area contributed by atoms with Crippen LogP contribution in [0, 0.1) is 0 Å². The van der Waals surface area contributed by atoms with Crippen molar-refractivity contribution in [2.75, 3.05) is 40.9 Å². The van der Waals surface area contributed by atoms with Crippen LogP contribution in [0.1, 0.15) is 162 Å². The van der Waals surface area contributed by atoms with E-state index in [0.29, 0.717) is 23.9 Å². The fourth-order valence-corrected chi connectivity index (χ4v) is 6.71. The van der Waals surface area contributed by atoms with Gasteiger partial charge in [-0.05, 0) is 89.9 Å². The third-order valence-corrected chi connectivity index (χ3v) is 10.7. The van der Waals surface area contributed by atoms with Gasteiger partial charge >= 0.3 is 7.82 Å². The number of phosphoric acid groups is 1. The molecule has 0 radical (unpaired) electrons. The van der Waals surface area contributed by atoms with Crippen molar-refractivity contribution in [3.8, 4) is 0 Å². The first-order valence-corrected chi connectivity index (χ1v) is 25.3. The number of aliphatic hydroxyl groups excluding tert-OH is 1. The number of unbranched alkanes of at least 4 members (excludes halogenated alkanes) is 12. The van der Waals surface area contributed by atoms with Gasteiger partial charge in [0, 0.05) is 6.42 Å². The Kier molecular flexibility index (Phi) is 40.5. The van der Waals surface area contributed by atoms with Gasteiger partial charge in [0.2, 0.25) is 5.91 Å². The van der Waals surface area contributed by atoms with Crippen LogP contribution < -0.4 is 5.32 Å². The molecule has 9 heteroatoms. The predicted octanol–water partition coefficient (Wildman–Crippen LogP) is 13.7.